The van der Waals surface area contributed by atoms with Crippen molar-refractivity contribution in [2.24, 2.45) is 5.73 Å². The van der Waals surface area contributed by atoms with Crippen LogP contribution in [0.4, 0.5) is 8.78 Å². The van der Waals surface area contributed by atoms with Crippen LogP contribution in [0, 0.1) is 0 Å². The van der Waals surface area contributed by atoms with E-state index in [2.05, 4.69) is 10.1 Å². The molecule has 0 aliphatic heterocycles. The van der Waals surface area contributed by atoms with Gasteiger partial charge in [0, 0.05) is 11.6 Å². The molecule has 0 aromatic heterocycles. The molecule has 0 radical (unpaired) electrons. The van der Waals surface area contributed by atoms with E-state index in [4.69, 9.17) is 5.73 Å². The van der Waals surface area contributed by atoms with E-state index in [-0.39, 0.29) is 17.7 Å². The Kier molecular flexibility index (Phi) is 6.21. The Morgan fingerprint density at radius 2 is 2.00 bits per heavy atom. The first-order chi connectivity index (χ1) is 9.02. The zero-order valence-electron chi connectivity index (χ0n) is 10.7. The lowest BCUT2D eigenvalue weighted by Gasteiger charge is -2.13. The van der Waals surface area contributed by atoms with Crippen LogP contribution >= 0.6 is 0 Å². The number of carbonyl (C=O) groups excluding carboxylic acids is 1. The molecule has 0 saturated heterocycles. The zero-order valence-corrected chi connectivity index (χ0v) is 10.7. The Balaban J connectivity index is 2.53. The number of halogens is 2. The summed E-state index contributed by atoms with van der Waals surface area (Å²) in [5.41, 5.74) is 5.79. The molecular weight excluding hydrogens is 254 g/mol. The second-order valence-corrected chi connectivity index (χ2v) is 4.21. The molecule has 0 aliphatic rings. The van der Waals surface area contributed by atoms with Gasteiger partial charge >= 0.3 is 6.61 Å². The highest BCUT2D eigenvalue weighted by molar-refractivity contribution is 5.94. The van der Waals surface area contributed by atoms with Crippen molar-refractivity contribution in [1.82, 2.24) is 5.32 Å². The van der Waals surface area contributed by atoms with E-state index < -0.39 is 6.61 Å². The lowest BCUT2D eigenvalue weighted by molar-refractivity contribution is -0.0498. The van der Waals surface area contributed by atoms with Crippen molar-refractivity contribution in [3.63, 3.8) is 0 Å². The number of hydrogen-bond acceptors (Lipinski definition) is 3. The molecule has 1 amide bonds. The number of nitrogens with two attached hydrogens (primary N) is 1. The lowest BCUT2D eigenvalue weighted by Crippen LogP contribution is -2.32. The SMILES string of the molecule is CC(CCCN)NC(=O)c1ccc(OC(F)F)cc1. The van der Waals surface area contributed by atoms with E-state index in [1.807, 2.05) is 6.92 Å². The van der Waals surface area contributed by atoms with Crippen LogP contribution < -0.4 is 15.8 Å². The fourth-order valence-corrected chi connectivity index (χ4v) is 1.59. The second kappa shape index (κ2) is 7.68. The van der Waals surface area contributed by atoms with Gasteiger partial charge < -0.3 is 15.8 Å². The maximum atomic E-state index is 12.0. The molecule has 19 heavy (non-hydrogen) atoms. The summed E-state index contributed by atoms with van der Waals surface area (Å²) in [4.78, 5) is 11.8. The fourth-order valence-electron chi connectivity index (χ4n) is 1.59. The number of amides is 1. The van der Waals surface area contributed by atoms with Crippen LogP contribution in [0.3, 0.4) is 0 Å². The summed E-state index contributed by atoms with van der Waals surface area (Å²) < 4.78 is 28.1. The van der Waals surface area contributed by atoms with Gasteiger partial charge in [0.25, 0.3) is 5.91 Å². The molecule has 3 N–H and O–H groups in total. The molecule has 0 fully saturated rings. The first kappa shape index (κ1) is 15.4. The van der Waals surface area contributed by atoms with E-state index >= 15 is 0 Å². The summed E-state index contributed by atoms with van der Waals surface area (Å²) in [7, 11) is 0. The number of benzene rings is 1. The third-order valence-electron chi connectivity index (χ3n) is 2.56. The average Bonchev–Trinajstić information content (AvgIpc) is 2.36. The molecule has 1 rings (SSSR count). The summed E-state index contributed by atoms with van der Waals surface area (Å²) in [5.74, 6) is -0.212. The highest BCUT2D eigenvalue weighted by Crippen LogP contribution is 2.15. The summed E-state index contributed by atoms with van der Waals surface area (Å²) in [6.45, 7) is -0.391. The molecule has 0 spiro atoms. The van der Waals surface area contributed by atoms with Gasteiger partial charge in [0.2, 0.25) is 0 Å². The topological polar surface area (TPSA) is 64.3 Å². The van der Waals surface area contributed by atoms with Crippen LogP contribution in [-0.4, -0.2) is 25.1 Å². The van der Waals surface area contributed by atoms with E-state index in [1.54, 1.807) is 0 Å². The molecule has 0 saturated carbocycles. The van der Waals surface area contributed by atoms with Crippen LogP contribution in [0.15, 0.2) is 24.3 Å². The van der Waals surface area contributed by atoms with Crippen molar-refractivity contribution >= 4 is 5.91 Å². The van der Waals surface area contributed by atoms with Crippen molar-refractivity contribution in [3.8, 4) is 5.75 Å². The van der Waals surface area contributed by atoms with Gasteiger partial charge in [-0.3, -0.25) is 4.79 Å². The second-order valence-electron chi connectivity index (χ2n) is 4.21. The molecule has 106 valence electrons. The number of alkyl halides is 2. The lowest BCUT2D eigenvalue weighted by atomic mass is 10.1. The van der Waals surface area contributed by atoms with Gasteiger partial charge in [0.15, 0.2) is 0 Å². The van der Waals surface area contributed by atoms with Crippen molar-refractivity contribution < 1.29 is 18.3 Å². The van der Waals surface area contributed by atoms with Crippen molar-refractivity contribution in [2.45, 2.75) is 32.4 Å². The summed E-state index contributed by atoms with van der Waals surface area (Å²) in [5, 5.41) is 2.81. The highest BCUT2D eigenvalue weighted by Gasteiger charge is 2.10. The van der Waals surface area contributed by atoms with Crippen LogP contribution in [-0.2, 0) is 0 Å². The predicted octanol–water partition coefficient (Wildman–Crippen LogP) is 2.15. The standard InChI is InChI=1S/C13H18F2N2O2/c1-9(3-2-8-16)17-12(18)10-4-6-11(7-5-10)19-13(14)15/h4-7,9,13H,2-3,8,16H2,1H3,(H,17,18). The van der Waals surface area contributed by atoms with Crippen LogP contribution in [0.25, 0.3) is 0 Å². The molecule has 1 aromatic carbocycles. The van der Waals surface area contributed by atoms with Gasteiger partial charge in [-0.15, -0.1) is 0 Å². The largest absolute Gasteiger partial charge is 0.435 e. The third-order valence-corrected chi connectivity index (χ3v) is 2.56. The Bertz CT molecular complexity index is 396. The Morgan fingerprint density at radius 3 is 2.53 bits per heavy atom. The Hall–Kier alpha value is -1.69. The van der Waals surface area contributed by atoms with Gasteiger partial charge in [-0.25, -0.2) is 0 Å². The molecule has 4 nitrogen and oxygen atoms in total. The van der Waals surface area contributed by atoms with Gasteiger partial charge in [-0.2, -0.15) is 8.78 Å². The summed E-state index contributed by atoms with van der Waals surface area (Å²) >= 11 is 0. The number of ether oxygens (including phenoxy) is 1. The minimum absolute atomic E-state index is 0.0213. The van der Waals surface area contributed by atoms with Gasteiger partial charge in [-0.1, -0.05) is 0 Å². The Morgan fingerprint density at radius 1 is 1.37 bits per heavy atom. The summed E-state index contributed by atoms with van der Waals surface area (Å²) in [6.07, 6.45) is 1.64. The average molecular weight is 272 g/mol. The Labute approximate surface area is 110 Å². The normalized spacial score (nSPS) is 12.3. The van der Waals surface area contributed by atoms with Crippen molar-refractivity contribution in [2.75, 3.05) is 6.54 Å². The predicted molar refractivity (Wildman–Crippen MR) is 68.3 cm³/mol. The molecule has 0 bridgehead atoms. The summed E-state index contributed by atoms with van der Waals surface area (Å²) in [6, 6.07) is 5.59. The van der Waals surface area contributed by atoms with Crippen LogP contribution in [0.2, 0.25) is 0 Å². The smallest absolute Gasteiger partial charge is 0.387 e. The molecule has 1 aromatic rings. The number of hydrogen-bond donors (Lipinski definition) is 2. The van der Waals surface area contributed by atoms with Crippen molar-refractivity contribution in [3.05, 3.63) is 29.8 Å². The molecule has 0 heterocycles. The first-order valence-corrected chi connectivity index (χ1v) is 6.08. The molecule has 1 atom stereocenters. The number of rotatable bonds is 7. The highest BCUT2D eigenvalue weighted by atomic mass is 19.3. The van der Waals surface area contributed by atoms with Gasteiger partial charge in [0.05, 0.1) is 0 Å². The quantitative estimate of drug-likeness (QED) is 0.799. The minimum atomic E-state index is -2.86. The van der Waals surface area contributed by atoms with E-state index in [9.17, 15) is 13.6 Å². The maximum Gasteiger partial charge on any atom is 0.387 e. The zero-order chi connectivity index (χ0) is 14.3. The molecule has 0 aliphatic carbocycles. The van der Waals surface area contributed by atoms with E-state index in [0.29, 0.717) is 12.1 Å². The van der Waals surface area contributed by atoms with Crippen molar-refractivity contribution in [1.29, 1.82) is 0 Å². The van der Waals surface area contributed by atoms with Gasteiger partial charge in [0.1, 0.15) is 5.75 Å². The number of nitrogens with one attached hydrogen (secondary N) is 1. The minimum Gasteiger partial charge on any atom is -0.435 e. The molecular formula is C13H18F2N2O2. The monoisotopic (exact) mass is 272 g/mol. The van der Waals surface area contributed by atoms with Crippen LogP contribution in [0.1, 0.15) is 30.1 Å². The van der Waals surface area contributed by atoms with E-state index in [1.165, 1.54) is 24.3 Å². The number of carbonyl (C=O) groups is 1. The maximum absolute atomic E-state index is 12.0. The van der Waals surface area contributed by atoms with Gasteiger partial charge in [-0.05, 0) is 50.6 Å². The first-order valence-electron chi connectivity index (χ1n) is 6.08. The fraction of sp³-hybridized carbons (Fsp3) is 0.462. The molecule has 1 unspecified atom stereocenters. The van der Waals surface area contributed by atoms with E-state index in [0.717, 1.165) is 12.8 Å². The van der Waals surface area contributed by atoms with Crippen LogP contribution in [0.5, 0.6) is 5.75 Å². The molecule has 6 heteroatoms. The third kappa shape index (κ3) is 5.65.